The van der Waals surface area contributed by atoms with Gasteiger partial charge in [0.15, 0.2) is 0 Å². The Balaban J connectivity index is 3.99. The highest BCUT2D eigenvalue weighted by atomic mass is 32.2. The number of hydrogen-bond donors (Lipinski definition) is 1. The molecular formula is C16H35NS. The van der Waals surface area contributed by atoms with Gasteiger partial charge in [-0.15, -0.1) is 0 Å². The minimum absolute atomic E-state index is 0.739. The standard InChI is InChI=1S/C16H35NS/c1-5-9-10-15(8-4)13-16(17-11-6-2)14-18-12-7-3/h15-17H,5-14H2,1-4H3. The molecule has 0 aromatic rings. The molecule has 0 rings (SSSR count). The number of hydrogen-bond acceptors (Lipinski definition) is 2. The van der Waals surface area contributed by atoms with Crippen molar-refractivity contribution < 1.29 is 0 Å². The van der Waals surface area contributed by atoms with Gasteiger partial charge in [-0.25, -0.2) is 0 Å². The maximum Gasteiger partial charge on any atom is 0.0160 e. The van der Waals surface area contributed by atoms with Crippen LogP contribution < -0.4 is 5.32 Å². The summed E-state index contributed by atoms with van der Waals surface area (Å²) >= 11 is 2.13. The molecule has 0 heterocycles. The number of rotatable bonds is 13. The molecule has 110 valence electrons. The van der Waals surface area contributed by atoms with E-state index in [0.717, 1.165) is 12.0 Å². The molecule has 18 heavy (non-hydrogen) atoms. The smallest absolute Gasteiger partial charge is 0.0160 e. The van der Waals surface area contributed by atoms with Crippen LogP contribution in [0.15, 0.2) is 0 Å². The van der Waals surface area contributed by atoms with Crippen LogP contribution in [0.3, 0.4) is 0 Å². The molecule has 0 aliphatic heterocycles. The monoisotopic (exact) mass is 273 g/mol. The quantitative estimate of drug-likeness (QED) is 0.468. The van der Waals surface area contributed by atoms with Crippen LogP contribution in [-0.2, 0) is 0 Å². The van der Waals surface area contributed by atoms with E-state index in [1.54, 1.807) is 0 Å². The van der Waals surface area contributed by atoms with Crippen LogP contribution in [0.1, 0.15) is 72.6 Å². The lowest BCUT2D eigenvalue weighted by atomic mass is 9.92. The van der Waals surface area contributed by atoms with Gasteiger partial charge in [-0.2, -0.15) is 11.8 Å². The Morgan fingerprint density at radius 2 is 1.78 bits per heavy atom. The van der Waals surface area contributed by atoms with Crippen LogP contribution in [0, 0.1) is 5.92 Å². The summed E-state index contributed by atoms with van der Waals surface area (Å²) in [7, 11) is 0. The van der Waals surface area contributed by atoms with Gasteiger partial charge in [-0.05, 0) is 37.5 Å². The fraction of sp³-hybridized carbons (Fsp3) is 1.00. The molecular weight excluding hydrogens is 238 g/mol. The second-order valence-corrected chi connectivity index (χ2v) is 6.53. The van der Waals surface area contributed by atoms with Crippen molar-refractivity contribution in [1.82, 2.24) is 5.32 Å². The van der Waals surface area contributed by atoms with Gasteiger partial charge in [-0.1, -0.05) is 53.4 Å². The number of unbranched alkanes of at least 4 members (excludes halogenated alkanes) is 1. The van der Waals surface area contributed by atoms with E-state index < -0.39 is 0 Å². The van der Waals surface area contributed by atoms with Crippen LogP contribution in [0.4, 0.5) is 0 Å². The SMILES string of the molecule is CCCCC(CC)CC(CSCCC)NCCC. The summed E-state index contributed by atoms with van der Waals surface area (Å²) in [6.45, 7) is 10.4. The Morgan fingerprint density at radius 1 is 1.00 bits per heavy atom. The first kappa shape index (κ1) is 18.3. The fourth-order valence-electron chi connectivity index (χ4n) is 2.31. The molecule has 2 unspecified atom stereocenters. The minimum atomic E-state index is 0.739. The first-order valence-electron chi connectivity index (χ1n) is 8.09. The summed E-state index contributed by atoms with van der Waals surface area (Å²) < 4.78 is 0. The molecule has 0 aliphatic carbocycles. The third-order valence-corrected chi connectivity index (χ3v) is 4.85. The molecule has 0 saturated heterocycles. The molecule has 0 radical (unpaired) electrons. The van der Waals surface area contributed by atoms with Crippen LogP contribution in [0.2, 0.25) is 0 Å². The van der Waals surface area contributed by atoms with E-state index in [0.29, 0.717) is 0 Å². The predicted molar refractivity (Wildman–Crippen MR) is 87.6 cm³/mol. The summed E-state index contributed by atoms with van der Waals surface area (Å²) in [5.74, 6) is 3.55. The van der Waals surface area contributed by atoms with Crippen molar-refractivity contribution in [3.8, 4) is 0 Å². The molecule has 0 aromatic heterocycles. The lowest BCUT2D eigenvalue weighted by Gasteiger charge is -2.23. The highest BCUT2D eigenvalue weighted by Gasteiger charge is 2.14. The van der Waals surface area contributed by atoms with Crippen molar-refractivity contribution >= 4 is 11.8 Å². The van der Waals surface area contributed by atoms with Gasteiger partial charge in [0, 0.05) is 11.8 Å². The predicted octanol–water partition coefficient (Wildman–Crippen LogP) is 5.10. The molecule has 2 atom stereocenters. The Labute approximate surface area is 120 Å². The minimum Gasteiger partial charge on any atom is -0.313 e. The van der Waals surface area contributed by atoms with Crippen molar-refractivity contribution in [2.24, 2.45) is 5.92 Å². The van der Waals surface area contributed by atoms with Gasteiger partial charge in [-0.3, -0.25) is 0 Å². The summed E-state index contributed by atoms with van der Waals surface area (Å²) in [6, 6.07) is 0.739. The largest absolute Gasteiger partial charge is 0.313 e. The topological polar surface area (TPSA) is 12.0 Å². The molecule has 1 N–H and O–H groups in total. The zero-order valence-corrected chi connectivity index (χ0v) is 14.0. The fourth-order valence-corrected chi connectivity index (χ4v) is 3.31. The second-order valence-electron chi connectivity index (χ2n) is 5.38. The highest BCUT2D eigenvalue weighted by molar-refractivity contribution is 7.99. The molecule has 1 nitrogen and oxygen atoms in total. The van der Waals surface area contributed by atoms with Crippen molar-refractivity contribution in [3.05, 3.63) is 0 Å². The van der Waals surface area contributed by atoms with E-state index in [9.17, 15) is 0 Å². The molecule has 0 aliphatic rings. The van der Waals surface area contributed by atoms with Gasteiger partial charge >= 0.3 is 0 Å². The van der Waals surface area contributed by atoms with Crippen LogP contribution >= 0.6 is 11.8 Å². The van der Waals surface area contributed by atoms with Gasteiger partial charge < -0.3 is 5.32 Å². The van der Waals surface area contributed by atoms with Gasteiger partial charge in [0.25, 0.3) is 0 Å². The maximum atomic E-state index is 3.75. The van der Waals surface area contributed by atoms with Gasteiger partial charge in [0.2, 0.25) is 0 Å². The van der Waals surface area contributed by atoms with E-state index >= 15 is 0 Å². The zero-order chi connectivity index (χ0) is 13.6. The van der Waals surface area contributed by atoms with E-state index in [1.165, 1.54) is 63.0 Å². The lowest BCUT2D eigenvalue weighted by Crippen LogP contribution is -2.34. The molecule has 2 heteroatoms. The Hall–Kier alpha value is 0.310. The molecule has 0 saturated carbocycles. The average molecular weight is 274 g/mol. The van der Waals surface area contributed by atoms with Crippen LogP contribution in [-0.4, -0.2) is 24.1 Å². The second kappa shape index (κ2) is 13.7. The molecule has 0 amide bonds. The first-order valence-corrected chi connectivity index (χ1v) is 9.24. The van der Waals surface area contributed by atoms with E-state index in [4.69, 9.17) is 0 Å². The normalized spacial score (nSPS) is 14.7. The third-order valence-electron chi connectivity index (χ3n) is 3.51. The zero-order valence-electron chi connectivity index (χ0n) is 13.1. The summed E-state index contributed by atoms with van der Waals surface area (Å²) in [5.41, 5.74) is 0. The third kappa shape index (κ3) is 10.3. The van der Waals surface area contributed by atoms with Crippen molar-refractivity contribution in [1.29, 1.82) is 0 Å². The Morgan fingerprint density at radius 3 is 2.33 bits per heavy atom. The van der Waals surface area contributed by atoms with Crippen molar-refractivity contribution in [2.45, 2.75) is 78.7 Å². The van der Waals surface area contributed by atoms with Crippen molar-refractivity contribution in [3.63, 3.8) is 0 Å². The molecule has 0 aromatic carbocycles. The summed E-state index contributed by atoms with van der Waals surface area (Å²) in [5, 5.41) is 3.75. The van der Waals surface area contributed by atoms with E-state index in [1.807, 2.05) is 0 Å². The first-order chi connectivity index (χ1) is 8.78. The molecule has 0 fully saturated rings. The highest BCUT2D eigenvalue weighted by Crippen LogP contribution is 2.20. The summed E-state index contributed by atoms with van der Waals surface area (Å²) in [6.07, 6.45) is 9.46. The Bertz CT molecular complexity index is 161. The molecule has 0 spiro atoms. The van der Waals surface area contributed by atoms with E-state index in [2.05, 4.69) is 44.8 Å². The Kier molecular flexibility index (Phi) is 14.0. The number of thioether (sulfide) groups is 1. The van der Waals surface area contributed by atoms with Gasteiger partial charge in [0.05, 0.1) is 0 Å². The van der Waals surface area contributed by atoms with Crippen LogP contribution in [0.25, 0.3) is 0 Å². The van der Waals surface area contributed by atoms with E-state index in [-0.39, 0.29) is 0 Å². The maximum absolute atomic E-state index is 3.75. The molecule has 0 bridgehead atoms. The number of nitrogens with one attached hydrogen (secondary N) is 1. The van der Waals surface area contributed by atoms with Gasteiger partial charge in [0.1, 0.15) is 0 Å². The lowest BCUT2D eigenvalue weighted by molar-refractivity contribution is 0.365. The summed E-state index contributed by atoms with van der Waals surface area (Å²) in [4.78, 5) is 0. The average Bonchev–Trinajstić information content (AvgIpc) is 2.40. The van der Waals surface area contributed by atoms with Crippen LogP contribution in [0.5, 0.6) is 0 Å². The van der Waals surface area contributed by atoms with Crippen molar-refractivity contribution in [2.75, 3.05) is 18.1 Å².